The molecule has 150 valence electrons. The van der Waals surface area contributed by atoms with Crippen LogP contribution in [0.25, 0.3) is 0 Å². The molecule has 0 aliphatic heterocycles. The Morgan fingerprint density at radius 2 is 1.79 bits per heavy atom. The molecule has 0 aliphatic rings. The normalized spacial score (nSPS) is 11.0. The van der Waals surface area contributed by atoms with Crippen molar-refractivity contribution in [2.45, 2.75) is 12.6 Å². The minimum Gasteiger partial charge on any atom is -0.493 e. The summed E-state index contributed by atoms with van der Waals surface area (Å²) in [6.45, 7) is -0.0224. The molecule has 0 unspecified atom stereocenters. The van der Waals surface area contributed by atoms with E-state index in [0.717, 1.165) is 18.2 Å². The maximum Gasteiger partial charge on any atom is 0.416 e. The predicted octanol–water partition coefficient (Wildman–Crippen LogP) is 3.60. The highest BCUT2D eigenvalue weighted by Crippen LogP contribution is 2.34. The Hall–Kier alpha value is -3.30. The Kier molecular flexibility index (Phi) is 6.45. The van der Waals surface area contributed by atoms with Gasteiger partial charge in [0.05, 0.1) is 30.8 Å². The van der Waals surface area contributed by atoms with E-state index in [4.69, 9.17) is 9.47 Å². The average Bonchev–Trinajstić information content (AvgIpc) is 2.66. The standard InChI is InChI=1S/C18H17F3N2O5/c1-27-15-9-11(14(23(25)26)10-16(15)28-2)6-7-22-17(24)12-4-3-5-13(8-12)18(19,20)21/h3-5,8-10H,6-7H2,1-2H3,(H,22,24). The van der Waals surface area contributed by atoms with E-state index in [0.29, 0.717) is 0 Å². The first kappa shape index (κ1) is 21.0. The summed E-state index contributed by atoms with van der Waals surface area (Å²) < 4.78 is 48.4. The first-order chi connectivity index (χ1) is 13.2. The quantitative estimate of drug-likeness (QED) is 0.568. The molecule has 28 heavy (non-hydrogen) atoms. The summed E-state index contributed by atoms with van der Waals surface area (Å²) in [5.41, 5.74) is -1.02. The number of rotatable bonds is 7. The van der Waals surface area contributed by atoms with E-state index >= 15 is 0 Å². The van der Waals surface area contributed by atoms with Crippen molar-refractivity contribution < 1.29 is 32.4 Å². The highest BCUT2D eigenvalue weighted by atomic mass is 19.4. The summed E-state index contributed by atoms with van der Waals surface area (Å²) in [6, 6.07) is 6.63. The third-order valence-electron chi connectivity index (χ3n) is 3.91. The Labute approximate surface area is 158 Å². The van der Waals surface area contributed by atoms with Crippen LogP contribution in [0.3, 0.4) is 0 Å². The predicted molar refractivity (Wildman–Crippen MR) is 93.7 cm³/mol. The highest BCUT2D eigenvalue weighted by Gasteiger charge is 2.30. The smallest absolute Gasteiger partial charge is 0.416 e. The van der Waals surface area contributed by atoms with E-state index in [1.54, 1.807) is 0 Å². The molecule has 0 radical (unpaired) electrons. The molecular formula is C18H17F3N2O5. The van der Waals surface area contributed by atoms with Crippen molar-refractivity contribution >= 4 is 11.6 Å². The number of methoxy groups -OCH3 is 2. The van der Waals surface area contributed by atoms with Gasteiger partial charge in [-0.25, -0.2) is 0 Å². The molecular weight excluding hydrogens is 381 g/mol. The number of nitrogens with one attached hydrogen (secondary N) is 1. The molecule has 0 spiro atoms. The molecule has 0 aliphatic carbocycles. The second-order valence-electron chi connectivity index (χ2n) is 5.68. The van der Waals surface area contributed by atoms with Crippen LogP contribution in [0.2, 0.25) is 0 Å². The van der Waals surface area contributed by atoms with E-state index in [9.17, 15) is 28.1 Å². The lowest BCUT2D eigenvalue weighted by molar-refractivity contribution is -0.385. The number of halogens is 3. The number of carbonyl (C=O) groups is 1. The first-order valence-electron chi connectivity index (χ1n) is 8.02. The molecule has 0 saturated heterocycles. The van der Waals surface area contributed by atoms with E-state index in [1.807, 2.05) is 0 Å². The van der Waals surface area contributed by atoms with Gasteiger partial charge in [0.1, 0.15) is 0 Å². The van der Waals surface area contributed by atoms with Gasteiger partial charge >= 0.3 is 6.18 Å². The first-order valence-corrected chi connectivity index (χ1v) is 8.02. The van der Waals surface area contributed by atoms with Crippen molar-refractivity contribution in [2.75, 3.05) is 20.8 Å². The van der Waals surface area contributed by atoms with Crippen molar-refractivity contribution in [3.8, 4) is 11.5 Å². The summed E-state index contributed by atoms with van der Waals surface area (Å²) in [5, 5.41) is 13.7. The van der Waals surface area contributed by atoms with E-state index < -0.39 is 22.6 Å². The molecule has 1 N–H and O–H groups in total. The monoisotopic (exact) mass is 398 g/mol. The molecule has 1 amide bonds. The van der Waals surface area contributed by atoms with E-state index in [1.165, 1.54) is 32.4 Å². The number of nitro groups is 1. The molecule has 2 aromatic rings. The zero-order valence-corrected chi connectivity index (χ0v) is 15.0. The SMILES string of the molecule is COc1cc(CCNC(=O)c2cccc(C(F)(F)F)c2)c([N+](=O)[O-])cc1OC. The van der Waals surface area contributed by atoms with Gasteiger partial charge in [0, 0.05) is 17.7 Å². The number of benzene rings is 2. The lowest BCUT2D eigenvalue weighted by atomic mass is 10.1. The van der Waals surface area contributed by atoms with Crippen molar-refractivity contribution in [1.82, 2.24) is 5.32 Å². The summed E-state index contributed by atoms with van der Waals surface area (Å²) in [4.78, 5) is 22.8. The third-order valence-corrected chi connectivity index (χ3v) is 3.91. The molecule has 0 aromatic heterocycles. The number of hydrogen-bond donors (Lipinski definition) is 1. The Bertz CT molecular complexity index is 884. The maximum atomic E-state index is 12.7. The summed E-state index contributed by atoms with van der Waals surface area (Å²) in [6.07, 6.45) is -4.49. The molecule has 2 rings (SSSR count). The highest BCUT2D eigenvalue weighted by molar-refractivity contribution is 5.94. The van der Waals surface area contributed by atoms with Crippen LogP contribution in [0.1, 0.15) is 21.5 Å². The van der Waals surface area contributed by atoms with Crippen molar-refractivity contribution in [3.05, 3.63) is 63.2 Å². The summed E-state index contributed by atoms with van der Waals surface area (Å²) in [5.74, 6) is -0.243. The number of alkyl halides is 3. The van der Waals surface area contributed by atoms with E-state index in [-0.39, 0.29) is 41.3 Å². The number of carbonyl (C=O) groups excluding carboxylic acids is 1. The van der Waals surface area contributed by atoms with Gasteiger partial charge in [-0.1, -0.05) is 6.07 Å². The van der Waals surface area contributed by atoms with Gasteiger partial charge in [0.25, 0.3) is 11.6 Å². The third kappa shape index (κ3) is 4.90. The van der Waals surface area contributed by atoms with Crippen LogP contribution >= 0.6 is 0 Å². The fourth-order valence-corrected chi connectivity index (χ4v) is 2.53. The van der Waals surface area contributed by atoms with Gasteiger partial charge in [0.2, 0.25) is 0 Å². The number of hydrogen-bond acceptors (Lipinski definition) is 5. The number of nitrogens with zero attached hydrogens (tertiary/aromatic N) is 1. The minimum absolute atomic E-state index is 0.0224. The van der Waals surface area contributed by atoms with Gasteiger partial charge < -0.3 is 14.8 Å². The van der Waals surface area contributed by atoms with Crippen LogP contribution in [-0.2, 0) is 12.6 Å². The van der Waals surface area contributed by atoms with Crippen LogP contribution in [0.4, 0.5) is 18.9 Å². The fraction of sp³-hybridized carbons (Fsp3) is 0.278. The van der Waals surface area contributed by atoms with Gasteiger partial charge in [-0.15, -0.1) is 0 Å². The molecule has 0 atom stereocenters. The Morgan fingerprint density at radius 1 is 1.14 bits per heavy atom. The molecule has 2 aromatic carbocycles. The Morgan fingerprint density at radius 3 is 2.36 bits per heavy atom. The van der Waals surface area contributed by atoms with Crippen molar-refractivity contribution in [1.29, 1.82) is 0 Å². The minimum atomic E-state index is -4.56. The topological polar surface area (TPSA) is 90.7 Å². The molecule has 0 bridgehead atoms. The average molecular weight is 398 g/mol. The zero-order valence-electron chi connectivity index (χ0n) is 15.0. The maximum absolute atomic E-state index is 12.7. The summed E-state index contributed by atoms with van der Waals surface area (Å²) >= 11 is 0. The zero-order chi connectivity index (χ0) is 20.9. The number of nitro benzene ring substituents is 1. The van der Waals surface area contributed by atoms with Gasteiger partial charge in [-0.05, 0) is 30.7 Å². The van der Waals surface area contributed by atoms with Gasteiger partial charge in [-0.3, -0.25) is 14.9 Å². The van der Waals surface area contributed by atoms with Crippen LogP contribution in [-0.4, -0.2) is 31.6 Å². The molecule has 10 heteroatoms. The van der Waals surface area contributed by atoms with Gasteiger partial charge in [-0.2, -0.15) is 13.2 Å². The van der Waals surface area contributed by atoms with Crippen LogP contribution in [0.15, 0.2) is 36.4 Å². The van der Waals surface area contributed by atoms with E-state index in [2.05, 4.69) is 5.32 Å². The largest absolute Gasteiger partial charge is 0.493 e. The van der Waals surface area contributed by atoms with Crippen LogP contribution < -0.4 is 14.8 Å². The van der Waals surface area contributed by atoms with Crippen molar-refractivity contribution in [3.63, 3.8) is 0 Å². The second-order valence-corrected chi connectivity index (χ2v) is 5.68. The molecule has 0 fully saturated rings. The Balaban J connectivity index is 2.13. The lowest BCUT2D eigenvalue weighted by Crippen LogP contribution is -2.26. The number of ether oxygens (including phenoxy) is 2. The molecule has 0 saturated carbocycles. The van der Waals surface area contributed by atoms with Gasteiger partial charge in [0.15, 0.2) is 11.5 Å². The molecule has 0 heterocycles. The second kappa shape index (κ2) is 8.59. The van der Waals surface area contributed by atoms with Crippen molar-refractivity contribution in [2.24, 2.45) is 0 Å². The lowest BCUT2D eigenvalue weighted by Gasteiger charge is -2.11. The fourth-order valence-electron chi connectivity index (χ4n) is 2.53. The summed E-state index contributed by atoms with van der Waals surface area (Å²) in [7, 11) is 2.72. The molecule has 7 nitrogen and oxygen atoms in total. The number of amides is 1. The van der Waals surface area contributed by atoms with Crippen LogP contribution in [0, 0.1) is 10.1 Å². The van der Waals surface area contributed by atoms with Crippen LogP contribution in [0.5, 0.6) is 11.5 Å².